The van der Waals surface area contributed by atoms with E-state index in [9.17, 15) is 9.59 Å². The SMILES string of the molecule is CCC(CC)C(=O)N1CCC(NC(=O)c2cccnc2SC(C)C)CC1. The molecular formula is C20H31N3O2S. The number of likely N-dealkylation sites (tertiary alicyclic amines) is 1. The molecule has 2 rings (SSSR count). The molecule has 6 heteroatoms. The molecular weight excluding hydrogens is 346 g/mol. The average molecular weight is 378 g/mol. The Morgan fingerprint density at radius 3 is 2.50 bits per heavy atom. The highest BCUT2D eigenvalue weighted by Gasteiger charge is 2.27. The third kappa shape index (κ3) is 5.47. The third-order valence-electron chi connectivity index (χ3n) is 4.84. The van der Waals surface area contributed by atoms with Gasteiger partial charge in [0.05, 0.1) is 5.56 Å². The normalized spacial score (nSPS) is 15.5. The quantitative estimate of drug-likeness (QED) is 0.735. The molecule has 26 heavy (non-hydrogen) atoms. The minimum atomic E-state index is -0.0639. The Kier molecular flexibility index (Phi) is 7.94. The van der Waals surface area contributed by atoms with Gasteiger partial charge in [-0.1, -0.05) is 27.7 Å². The third-order valence-corrected chi connectivity index (χ3v) is 5.86. The van der Waals surface area contributed by atoms with E-state index in [1.165, 1.54) is 0 Å². The predicted octanol–water partition coefficient (Wildman–Crippen LogP) is 3.74. The lowest BCUT2D eigenvalue weighted by Gasteiger charge is -2.34. The van der Waals surface area contributed by atoms with E-state index in [2.05, 4.69) is 38.0 Å². The number of carbonyl (C=O) groups is 2. The zero-order valence-electron chi connectivity index (χ0n) is 16.3. The molecule has 1 saturated heterocycles. The van der Waals surface area contributed by atoms with Crippen LogP contribution in [0.3, 0.4) is 0 Å². The van der Waals surface area contributed by atoms with Crippen LogP contribution in [0.2, 0.25) is 0 Å². The lowest BCUT2D eigenvalue weighted by Crippen LogP contribution is -2.48. The van der Waals surface area contributed by atoms with Crippen molar-refractivity contribution < 1.29 is 9.59 Å². The number of amides is 2. The fourth-order valence-electron chi connectivity index (χ4n) is 3.28. The van der Waals surface area contributed by atoms with Crippen LogP contribution < -0.4 is 5.32 Å². The number of hydrogen-bond donors (Lipinski definition) is 1. The molecule has 0 radical (unpaired) electrons. The molecule has 1 aliphatic rings. The first-order chi connectivity index (χ1) is 12.5. The van der Waals surface area contributed by atoms with Gasteiger partial charge in [-0.15, -0.1) is 11.8 Å². The zero-order valence-corrected chi connectivity index (χ0v) is 17.1. The molecule has 144 valence electrons. The molecule has 5 nitrogen and oxygen atoms in total. The average Bonchev–Trinajstić information content (AvgIpc) is 2.63. The number of carbonyl (C=O) groups excluding carboxylic acids is 2. The predicted molar refractivity (Wildman–Crippen MR) is 106 cm³/mol. The molecule has 1 aliphatic heterocycles. The van der Waals surface area contributed by atoms with Crippen LogP contribution in [0.5, 0.6) is 0 Å². The Morgan fingerprint density at radius 1 is 1.27 bits per heavy atom. The number of pyridine rings is 1. The summed E-state index contributed by atoms with van der Waals surface area (Å²) >= 11 is 1.60. The van der Waals surface area contributed by atoms with Gasteiger partial charge >= 0.3 is 0 Å². The molecule has 2 amide bonds. The van der Waals surface area contributed by atoms with Crippen LogP contribution in [-0.4, -0.2) is 46.1 Å². The second-order valence-corrected chi connectivity index (χ2v) is 8.67. The molecule has 0 saturated carbocycles. The van der Waals surface area contributed by atoms with Crippen LogP contribution in [0.1, 0.15) is 63.7 Å². The summed E-state index contributed by atoms with van der Waals surface area (Å²) in [6, 6.07) is 3.75. The number of nitrogens with zero attached hydrogens (tertiary/aromatic N) is 2. The standard InChI is InChI=1S/C20H31N3O2S/c1-5-15(6-2)20(25)23-12-9-16(10-13-23)22-18(24)17-8-7-11-21-19(17)26-14(3)4/h7-8,11,14-16H,5-6,9-10,12-13H2,1-4H3,(H,22,24). The summed E-state index contributed by atoms with van der Waals surface area (Å²) in [7, 11) is 0. The van der Waals surface area contributed by atoms with Gasteiger partial charge in [0.15, 0.2) is 0 Å². The van der Waals surface area contributed by atoms with Gasteiger partial charge in [0.25, 0.3) is 5.91 Å². The van der Waals surface area contributed by atoms with Crippen molar-refractivity contribution in [1.29, 1.82) is 0 Å². The first kappa shape index (κ1) is 20.7. The molecule has 1 aromatic heterocycles. The van der Waals surface area contributed by atoms with Crippen LogP contribution >= 0.6 is 11.8 Å². The Hall–Kier alpha value is -1.56. The van der Waals surface area contributed by atoms with Crippen LogP contribution in [0.15, 0.2) is 23.4 Å². The van der Waals surface area contributed by atoms with Gasteiger partial charge in [0.1, 0.15) is 5.03 Å². The van der Waals surface area contributed by atoms with Gasteiger partial charge in [-0.3, -0.25) is 9.59 Å². The van der Waals surface area contributed by atoms with Crippen molar-refractivity contribution in [2.45, 2.75) is 69.7 Å². The van der Waals surface area contributed by atoms with E-state index in [1.54, 1.807) is 24.0 Å². The Bertz CT molecular complexity index is 609. The number of nitrogens with one attached hydrogen (secondary N) is 1. The summed E-state index contributed by atoms with van der Waals surface area (Å²) in [6.07, 6.45) is 5.13. The number of aromatic nitrogens is 1. The second-order valence-electron chi connectivity index (χ2n) is 7.11. The highest BCUT2D eigenvalue weighted by Crippen LogP contribution is 2.24. The van der Waals surface area contributed by atoms with Crippen molar-refractivity contribution in [3.8, 4) is 0 Å². The minimum Gasteiger partial charge on any atom is -0.349 e. The molecule has 1 fully saturated rings. The van der Waals surface area contributed by atoms with E-state index in [0.29, 0.717) is 10.8 Å². The molecule has 0 aromatic carbocycles. The summed E-state index contributed by atoms with van der Waals surface area (Å²) < 4.78 is 0. The van der Waals surface area contributed by atoms with E-state index in [0.717, 1.165) is 43.8 Å². The molecule has 1 N–H and O–H groups in total. The number of thioether (sulfide) groups is 1. The number of rotatable bonds is 7. The monoisotopic (exact) mass is 377 g/mol. The van der Waals surface area contributed by atoms with Crippen molar-refractivity contribution >= 4 is 23.6 Å². The summed E-state index contributed by atoms with van der Waals surface area (Å²) in [5.74, 6) is 0.334. The van der Waals surface area contributed by atoms with Crippen LogP contribution in [0.4, 0.5) is 0 Å². The summed E-state index contributed by atoms with van der Waals surface area (Å²) in [4.78, 5) is 31.5. The van der Waals surface area contributed by atoms with Crippen molar-refractivity contribution in [2.24, 2.45) is 5.92 Å². The maximum atomic E-state index is 12.7. The van der Waals surface area contributed by atoms with Gasteiger partial charge in [0, 0.05) is 36.5 Å². The van der Waals surface area contributed by atoms with Crippen LogP contribution in [0.25, 0.3) is 0 Å². The highest BCUT2D eigenvalue weighted by atomic mass is 32.2. The summed E-state index contributed by atoms with van der Waals surface area (Å²) in [6.45, 7) is 9.77. The van der Waals surface area contributed by atoms with Gasteiger partial charge in [0.2, 0.25) is 5.91 Å². The van der Waals surface area contributed by atoms with E-state index >= 15 is 0 Å². The summed E-state index contributed by atoms with van der Waals surface area (Å²) in [5.41, 5.74) is 0.640. The molecule has 1 aromatic rings. The van der Waals surface area contributed by atoms with Crippen LogP contribution in [-0.2, 0) is 4.79 Å². The Balaban J connectivity index is 1.92. The Labute approximate surface area is 161 Å². The molecule has 0 spiro atoms. The maximum absolute atomic E-state index is 12.7. The zero-order chi connectivity index (χ0) is 19.1. The first-order valence-corrected chi connectivity index (χ1v) is 10.6. The number of piperidine rings is 1. The van der Waals surface area contributed by atoms with Gasteiger partial charge in [-0.2, -0.15) is 0 Å². The second kappa shape index (κ2) is 9.95. The van der Waals surface area contributed by atoms with Gasteiger partial charge in [-0.05, 0) is 37.8 Å². The van der Waals surface area contributed by atoms with E-state index in [-0.39, 0.29) is 23.8 Å². The van der Waals surface area contributed by atoms with Crippen molar-refractivity contribution in [3.63, 3.8) is 0 Å². The molecule has 0 bridgehead atoms. The van der Waals surface area contributed by atoms with Crippen molar-refractivity contribution in [3.05, 3.63) is 23.9 Å². The van der Waals surface area contributed by atoms with Crippen molar-refractivity contribution in [2.75, 3.05) is 13.1 Å². The fourth-order valence-corrected chi connectivity index (χ4v) is 4.14. The molecule has 0 atom stereocenters. The van der Waals surface area contributed by atoms with E-state index < -0.39 is 0 Å². The van der Waals surface area contributed by atoms with Gasteiger partial charge in [-0.25, -0.2) is 4.98 Å². The van der Waals surface area contributed by atoms with Crippen molar-refractivity contribution in [1.82, 2.24) is 15.2 Å². The fraction of sp³-hybridized carbons (Fsp3) is 0.650. The largest absolute Gasteiger partial charge is 0.349 e. The lowest BCUT2D eigenvalue weighted by atomic mass is 9.98. The lowest BCUT2D eigenvalue weighted by molar-refractivity contribution is -0.136. The highest BCUT2D eigenvalue weighted by molar-refractivity contribution is 7.99. The smallest absolute Gasteiger partial charge is 0.254 e. The first-order valence-electron chi connectivity index (χ1n) is 9.67. The van der Waals surface area contributed by atoms with E-state index in [1.807, 2.05) is 11.0 Å². The van der Waals surface area contributed by atoms with Gasteiger partial charge < -0.3 is 10.2 Å². The van der Waals surface area contributed by atoms with Crippen LogP contribution in [0, 0.1) is 5.92 Å². The Morgan fingerprint density at radius 2 is 1.92 bits per heavy atom. The molecule has 2 heterocycles. The minimum absolute atomic E-state index is 0.0639. The molecule has 0 aliphatic carbocycles. The topological polar surface area (TPSA) is 62.3 Å². The van der Waals surface area contributed by atoms with E-state index in [4.69, 9.17) is 0 Å². The number of hydrogen-bond acceptors (Lipinski definition) is 4. The maximum Gasteiger partial charge on any atom is 0.254 e. The molecule has 0 unspecified atom stereocenters. The summed E-state index contributed by atoms with van der Waals surface area (Å²) in [5, 5.41) is 4.29.